The zero-order valence-corrected chi connectivity index (χ0v) is 13.9. The molecule has 9 heteroatoms. The molecular formula is C15H20N6O3. The number of carbonyl (C=O) groups excluding carboxylic acids is 2. The van der Waals surface area contributed by atoms with Crippen molar-refractivity contribution in [3.8, 4) is 0 Å². The van der Waals surface area contributed by atoms with Gasteiger partial charge in [-0.2, -0.15) is 5.10 Å². The second-order valence-corrected chi connectivity index (χ2v) is 6.10. The fourth-order valence-electron chi connectivity index (χ4n) is 2.86. The predicted octanol–water partition coefficient (Wildman–Crippen LogP) is 0.325. The van der Waals surface area contributed by atoms with Crippen LogP contribution in [0.15, 0.2) is 10.7 Å². The maximum Gasteiger partial charge on any atom is 0.274 e. The second kappa shape index (κ2) is 6.42. The van der Waals surface area contributed by atoms with Gasteiger partial charge in [-0.1, -0.05) is 10.3 Å². The SMILES string of the molecule is Cc1cc(C(=O)N2CCN(C(=O)Cc3nonc3C)[C@H](C)C2)n[nH]1. The number of nitrogens with zero attached hydrogens (tertiary/aromatic N) is 5. The molecule has 0 spiro atoms. The molecule has 0 aromatic carbocycles. The Labute approximate surface area is 139 Å². The largest absolute Gasteiger partial charge is 0.336 e. The molecular weight excluding hydrogens is 312 g/mol. The van der Waals surface area contributed by atoms with Gasteiger partial charge in [-0.05, 0) is 26.8 Å². The molecule has 3 heterocycles. The molecule has 3 rings (SSSR count). The first-order chi connectivity index (χ1) is 11.5. The monoisotopic (exact) mass is 332 g/mol. The van der Waals surface area contributed by atoms with Crippen molar-refractivity contribution in [1.29, 1.82) is 0 Å². The van der Waals surface area contributed by atoms with Crippen LogP contribution in [-0.2, 0) is 11.2 Å². The Hall–Kier alpha value is -2.71. The fourth-order valence-corrected chi connectivity index (χ4v) is 2.86. The van der Waals surface area contributed by atoms with Crippen molar-refractivity contribution in [3.63, 3.8) is 0 Å². The number of H-pyrrole nitrogens is 1. The third kappa shape index (κ3) is 3.15. The molecule has 1 aliphatic rings. The van der Waals surface area contributed by atoms with E-state index >= 15 is 0 Å². The number of hydrogen-bond acceptors (Lipinski definition) is 6. The molecule has 0 unspecified atom stereocenters. The number of carbonyl (C=O) groups is 2. The highest BCUT2D eigenvalue weighted by Crippen LogP contribution is 2.15. The quantitative estimate of drug-likeness (QED) is 0.867. The van der Waals surface area contributed by atoms with Gasteiger partial charge in [0, 0.05) is 31.4 Å². The number of amides is 2. The first-order valence-electron chi connectivity index (χ1n) is 7.84. The lowest BCUT2D eigenvalue weighted by molar-refractivity contribution is -0.134. The topological polar surface area (TPSA) is 108 Å². The van der Waals surface area contributed by atoms with E-state index in [0.29, 0.717) is 36.7 Å². The predicted molar refractivity (Wildman–Crippen MR) is 83.1 cm³/mol. The third-order valence-corrected chi connectivity index (χ3v) is 4.23. The van der Waals surface area contributed by atoms with Crippen LogP contribution in [0.4, 0.5) is 0 Å². The van der Waals surface area contributed by atoms with E-state index in [0.717, 1.165) is 5.69 Å². The van der Waals surface area contributed by atoms with Gasteiger partial charge >= 0.3 is 0 Å². The summed E-state index contributed by atoms with van der Waals surface area (Å²) >= 11 is 0. The molecule has 24 heavy (non-hydrogen) atoms. The minimum Gasteiger partial charge on any atom is -0.336 e. The van der Waals surface area contributed by atoms with Crippen molar-refractivity contribution in [3.05, 3.63) is 28.8 Å². The normalized spacial score (nSPS) is 18.0. The minimum absolute atomic E-state index is 0.0380. The van der Waals surface area contributed by atoms with E-state index in [1.54, 1.807) is 22.8 Å². The number of piperazine rings is 1. The zero-order valence-electron chi connectivity index (χ0n) is 13.9. The van der Waals surface area contributed by atoms with Gasteiger partial charge in [-0.15, -0.1) is 0 Å². The van der Waals surface area contributed by atoms with Gasteiger partial charge in [0.05, 0.1) is 6.42 Å². The van der Waals surface area contributed by atoms with E-state index < -0.39 is 0 Å². The summed E-state index contributed by atoms with van der Waals surface area (Å²) in [5.41, 5.74) is 2.43. The number of aryl methyl sites for hydroxylation is 2. The molecule has 1 fully saturated rings. The Morgan fingerprint density at radius 2 is 2.12 bits per heavy atom. The van der Waals surface area contributed by atoms with Gasteiger partial charge in [0.1, 0.15) is 17.1 Å². The highest BCUT2D eigenvalue weighted by Gasteiger charge is 2.31. The molecule has 0 aliphatic carbocycles. The fraction of sp³-hybridized carbons (Fsp3) is 0.533. The Kier molecular flexibility index (Phi) is 4.32. The van der Waals surface area contributed by atoms with Crippen molar-refractivity contribution in [2.24, 2.45) is 0 Å². The van der Waals surface area contributed by atoms with Crippen molar-refractivity contribution in [2.45, 2.75) is 33.2 Å². The van der Waals surface area contributed by atoms with Gasteiger partial charge in [0.15, 0.2) is 0 Å². The molecule has 0 saturated carbocycles. The highest BCUT2D eigenvalue weighted by molar-refractivity contribution is 5.92. The Morgan fingerprint density at radius 3 is 2.71 bits per heavy atom. The van der Waals surface area contributed by atoms with Gasteiger partial charge in [-0.25, -0.2) is 4.63 Å². The van der Waals surface area contributed by atoms with E-state index in [4.69, 9.17) is 0 Å². The standard InChI is InChI=1S/C15H20N6O3/c1-9-6-13(17-16-9)15(23)20-4-5-21(10(2)8-20)14(22)7-12-11(3)18-24-19-12/h6,10H,4-5,7-8H2,1-3H3,(H,16,17)/t10-/m1/s1. The van der Waals surface area contributed by atoms with Crippen LogP contribution in [0.1, 0.15) is 34.5 Å². The summed E-state index contributed by atoms with van der Waals surface area (Å²) in [6.45, 7) is 6.98. The average Bonchev–Trinajstić information content (AvgIpc) is 3.15. The molecule has 9 nitrogen and oxygen atoms in total. The number of aromatic amines is 1. The molecule has 128 valence electrons. The summed E-state index contributed by atoms with van der Waals surface area (Å²) in [5, 5.41) is 14.2. The average molecular weight is 332 g/mol. The maximum absolute atomic E-state index is 12.5. The summed E-state index contributed by atoms with van der Waals surface area (Å²) in [6, 6.07) is 1.65. The molecule has 1 atom stereocenters. The molecule has 2 aromatic rings. The second-order valence-electron chi connectivity index (χ2n) is 6.10. The van der Waals surface area contributed by atoms with Gasteiger partial charge in [0.25, 0.3) is 5.91 Å². The lowest BCUT2D eigenvalue weighted by Gasteiger charge is -2.39. The first kappa shape index (κ1) is 16.2. The van der Waals surface area contributed by atoms with Gasteiger partial charge < -0.3 is 9.80 Å². The number of nitrogens with one attached hydrogen (secondary N) is 1. The first-order valence-corrected chi connectivity index (χ1v) is 7.84. The maximum atomic E-state index is 12.5. The van der Waals surface area contributed by atoms with Crippen LogP contribution in [0, 0.1) is 13.8 Å². The third-order valence-electron chi connectivity index (χ3n) is 4.23. The van der Waals surface area contributed by atoms with Crippen molar-refractivity contribution in [2.75, 3.05) is 19.6 Å². The van der Waals surface area contributed by atoms with Crippen LogP contribution in [0.3, 0.4) is 0 Å². The highest BCUT2D eigenvalue weighted by atomic mass is 16.6. The molecule has 0 radical (unpaired) electrons. The summed E-state index contributed by atoms with van der Waals surface area (Å²) in [7, 11) is 0. The van der Waals surface area contributed by atoms with Crippen LogP contribution in [0.2, 0.25) is 0 Å². The number of rotatable bonds is 3. The van der Waals surface area contributed by atoms with Crippen LogP contribution < -0.4 is 0 Å². The van der Waals surface area contributed by atoms with Crippen LogP contribution in [0.25, 0.3) is 0 Å². The zero-order chi connectivity index (χ0) is 17.3. The summed E-state index contributed by atoms with van der Waals surface area (Å²) in [5.74, 6) is -0.154. The van der Waals surface area contributed by atoms with E-state index in [2.05, 4.69) is 25.1 Å². The lowest BCUT2D eigenvalue weighted by Crippen LogP contribution is -2.55. The van der Waals surface area contributed by atoms with E-state index in [1.165, 1.54) is 0 Å². The molecule has 1 aliphatic heterocycles. The van der Waals surface area contributed by atoms with E-state index in [-0.39, 0.29) is 24.3 Å². The molecule has 2 amide bonds. The molecule has 0 bridgehead atoms. The van der Waals surface area contributed by atoms with Crippen molar-refractivity contribution in [1.82, 2.24) is 30.3 Å². The van der Waals surface area contributed by atoms with Crippen LogP contribution >= 0.6 is 0 Å². The van der Waals surface area contributed by atoms with Gasteiger partial charge in [-0.3, -0.25) is 14.7 Å². The van der Waals surface area contributed by atoms with E-state index in [1.807, 2.05) is 13.8 Å². The van der Waals surface area contributed by atoms with E-state index in [9.17, 15) is 9.59 Å². The van der Waals surface area contributed by atoms with Crippen LogP contribution in [0.5, 0.6) is 0 Å². The Balaban J connectivity index is 1.61. The van der Waals surface area contributed by atoms with Crippen molar-refractivity contribution < 1.29 is 14.2 Å². The Morgan fingerprint density at radius 1 is 1.33 bits per heavy atom. The summed E-state index contributed by atoms with van der Waals surface area (Å²) in [4.78, 5) is 28.4. The van der Waals surface area contributed by atoms with Crippen molar-refractivity contribution >= 4 is 11.8 Å². The number of aromatic nitrogens is 4. The molecule has 2 aromatic heterocycles. The lowest BCUT2D eigenvalue weighted by atomic mass is 10.1. The van der Waals surface area contributed by atoms with Gasteiger partial charge in [0.2, 0.25) is 5.91 Å². The summed E-state index contributed by atoms with van der Waals surface area (Å²) < 4.78 is 4.63. The number of hydrogen-bond donors (Lipinski definition) is 1. The smallest absolute Gasteiger partial charge is 0.274 e. The minimum atomic E-state index is -0.116. The molecule has 1 saturated heterocycles. The Bertz CT molecular complexity index is 752. The molecule has 1 N–H and O–H groups in total. The summed E-state index contributed by atoms with van der Waals surface area (Å²) in [6.07, 6.45) is 0.159. The van der Waals surface area contributed by atoms with Crippen LogP contribution in [-0.4, -0.2) is 67.8 Å².